The molecule has 1 amide bonds. The molecule has 0 aliphatic carbocycles. The van der Waals surface area contributed by atoms with Gasteiger partial charge in [0, 0.05) is 25.3 Å². The van der Waals surface area contributed by atoms with Gasteiger partial charge in [-0.2, -0.15) is 0 Å². The number of rotatable bonds is 4. The van der Waals surface area contributed by atoms with E-state index in [0.717, 1.165) is 32.6 Å². The summed E-state index contributed by atoms with van der Waals surface area (Å²) in [4.78, 5) is 20.4. The van der Waals surface area contributed by atoms with Crippen LogP contribution >= 0.6 is 0 Å². The highest BCUT2D eigenvalue weighted by Gasteiger charge is 2.31. The molecule has 5 nitrogen and oxygen atoms in total. The maximum atomic E-state index is 12.3. The van der Waals surface area contributed by atoms with Crippen LogP contribution in [0.15, 0.2) is 18.3 Å². The van der Waals surface area contributed by atoms with Crippen molar-refractivity contribution in [1.82, 2.24) is 14.8 Å². The van der Waals surface area contributed by atoms with Crippen LogP contribution in [0.1, 0.15) is 30.8 Å². The molecule has 2 heterocycles. The average Bonchev–Trinajstić information content (AvgIpc) is 2.90. The van der Waals surface area contributed by atoms with E-state index in [2.05, 4.69) is 23.7 Å². The lowest BCUT2D eigenvalue weighted by Gasteiger charge is -2.26. The summed E-state index contributed by atoms with van der Waals surface area (Å²) in [6.45, 7) is 7.72. The van der Waals surface area contributed by atoms with Crippen LogP contribution in [0.4, 0.5) is 0 Å². The summed E-state index contributed by atoms with van der Waals surface area (Å²) in [5, 5.41) is 9.69. The predicted octanol–water partition coefficient (Wildman–Crippen LogP) is 1.34. The number of amides is 1. The lowest BCUT2D eigenvalue weighted by molar-refractivity contribution is 0.0769. The molecule has 0 saturated carbocycles. The van der Waals surface area contributed by atoms with Gasteiger partial charge < -0.3 is 10.0 Å². The molecule has 1 atom stereocenters. The molecule has 19 heavy (non-hydrogen) atoms. The van der Waals surface area contributed by atoms with Crippen molar-refractivity contribution in [2.75, 3.05) is 26.2 Å². The number of aromatic nitrogens is 1. The first-order valence-corrected chi connectivity index (χ1v) is 6.84. The Labute approximate surface area is 113 Å². The van der Waals surface area contributed by atoms with E-state index < -0.39 is 0 Å². The van der Waals surface area contributed by atoms with E-state index >= 15 is 0 Å². The Balaban J connectivity index is 2.05. The second kappa shape index (κ2) is 6.02. The van der Waals surface area contributed by atoms with E-state index in [1.165, 1.54) is 12.3 Å². The van der Waals surface area contributed by atoms with Crippen molar-refractivity contribution in [3.63, 3.8) is 0 Å². The number of hydrogen-bond donors (Lipinski definition) is 1. The first kappa shape index (κ1) is 13.8. The Bertz CT molecular complexity index is 446. The molecule has 1 aliphatic rings. The van der Waals surface area contributed by atoms with Crippen LogP contribution in [0.2, 0.25) is 0 Å². The maximum absolute atomic E-state index is 12.3. The number of nitrogens with zero attached hydrogens (tertiary/aromatic N) is 3. The van der Waals surface area contributed by atoms with Crippen molar-refractivity contribution >= 4 is 5.91 Å². The number of likely N-dealkylation sites (N-methyl/N-ethyl adjacent to an activating group) is 1. The van der Waals surface area contributed by atoms with Gasteiger partial charge in [0.2, 0.25) is 0 Å². The molecule has 104 valence electrons. The Morgan fingerprint density at radius 2 is 2.26 bits per heavy atom. The van der Waals surface area contributed by atoms with Gasteiger partial charge in [0.05, 0.1) is 0 Å². The molecule has 0 aromatic carbocycles. The van der Waals surface area contributed by atoms with Gasteiger partial charge in [0.15, 0.2) is 5.69 Å². The van der Waals surface area contributed by atoms with E-state index in [0.29, 0.717) is 6.04 Å². The third-order valence-electron chi connectivity index (χ3n) is 3.77. The van der Waals surface area contributed by atoms with Crippen LogP contribution in [0.25, 0.3) is 0 Å². The third kappa shape index (κ3) is 2.87. The Kier molecular flexibility index (Phi) is 4.37. The summed E-state index contributed by atoms with van der Waals surface area (Å²) >= 11 is 0. The van der Waals surface area contributed by atoms with Crippen LogP contribution in [-0.4, -0.2) is 58.0 Å². The smallest absolute Gasteiger partial charge is 0.276 e. The second-order valence-electron chi connectivity index (χ2n) is 4.79. The van der Waals surface area contributed by atoms with Gasteiger partial charge in [0.25, 0.3) is 5.91 Å². The summed E-state index contributed by atoms with van der Waals surface area (Å²) in [5.41, 5.74) is 0.155. The first-order valence-electron chi connectivity index (χ1n) is 6.84. The summed E-state index contributed by atoms with van der Waals surface area (Å²) in [7, 11) is 0. The van der Waals surface area contributed by atoms with Crippen molar-refractivity contribution in [2.24, 2.45) is 0 Å². The Morgan fingerprint density at radius 3 is 2.89 bits per heavy atom. The van der Waals surface area contributed by atoms with Crippen molar-refractivity contribution in [1.29, 1.82) is 0 Å². The Hall–Kier alpha value is -1.62. The number of likely N-dealkylation sites (tertiary alicyclic amines) is 1. The zero-order valence-electron chi connectivity index (χ0n) is 11.5. The minimum absolute atomic E-state index is 0.0428. The maximum Gasteiger partial charge on any atom is 0.276 e. The van der Waals surface area contributed by atoms with Crippen LogP contribution < -0.4 is 0 Å². The van der Waals surface area contributed by atoms with E-state index in [1.54, 1.807) is 11.0 Å². The average molecular weight is 263 g/mol. The topological polar surface area (TPSA) is 56.7 Å². The number of carbonyl (C=O) groups is 1. The first-order chi connectivity index (χ1) is 9.17. The van der Waals surface area contributed by atoms with E-state index in [9.17, 15) is 9.90 Å². The van der Waals surface area contributed by atoms with Crippen molar-refractivity contribution in [2.45, 2.75) is 26.3 Å². The molecule has 1 aliphatic heterocycles. The zero-order chi connectivity index (χ0) is 13.8. The summed E-state index contributed by atoms with van der Waals surface area (Å²) in [6.07, 6.45) is 2.52. The zero-order valence-corrected chi connectivity index (χ0v) is 11.5. The minimum atomic E-state index is -0.173. The van der Waals surface area contributed by atoms with Crippen molar-refractivity contribution in [3.8, 4) is 5.75 Å². The molecule has 1 N–H and O–H groups in total. The highest BCUT2D eigenvalue weighted by atomic mass is 16.3. The summed E-state index contributed by atoms with van der Waals surface area (Å²) in [6, 6.07) is 3.54. The SMILES string of the molecule is CCN(CC)C1CCN(C(=O)c2ncccc2O)C1. The summed E-state index contributed by atoms with van der Waals surface area (Å²) in [5.74, 6) is -0.216. The van der Waals surface area contributed by atoms with Crippen molar-refractivity contribution in [3.05, 3.63) is 24.0 Å². The molecular weight excluding hydrogens is 242 g/mol. The van der Waals surface area contributed by atoms with Crippen molar-refractivity contribution < 1.29 is 9.90 Å². The number of aromatic hydroxyl groups is 1. The third-order valence-corrected chi connectivity index (χ3v) is 3.77. The monoisotopic (exact) mass is 263 g/mol. The molecule has 0 spiro atoms. The molecule has 1 saturated heterocycles. The second-order valence-corrected chi connectivity index (χ2v) is 4.79. The minimum Gasteiger partial charge on any atom is -0.505 e. The largest absolute Gasteiger partial charge is 0.505 e. The number of hydrogen-bond acceptors (Lipinski definition) is 4. The fourth-order valence-corrected chi connectivity index (χ4v) is 2.68. The van der Waals surface area contributed by atoms with Gasteiger partial charge >= 0.3 is 0 Å². The fraction of sp³-hybridized carbons (Fsp3) is 0.571. The number of carbonyl (C=O) groups excluding carboxylic acids is 1. The van der Waals surface area contributed by atoms with Gasteiger partial charge in [-0.05, 0) is 31.6 Å². The summed E-state index contributed by atoms with van der Waals surface area (Å²) < 4.78 is 0. The number of pyridine rings is 1. The quantitative estimate of drug-likeness (QED) is 0.890. The highest BCUT2D eigenvalue weighted by Crippen LogP contribution is 2.20. The fourth-order valence-electron chi connectivity index (χ4n) is 2.68. The van der Waals surface area contributed by atoms with Gasteiger partial charge in [-0.25, -0.2) is 4.98 Å². The van der Waals surface area contributed by atoms with Gasteiger partial charge in [-0.1, -0.05) is 13.8 Å². The normalized spacial score (nSPS) is 19.1. The molecule has 1 fully saturated rings. The van der Waals surface area contributed by atoms with Crippen LogP contribution in [0.5, 0.6) is 5.75 Å². The molecule has 0 radical (unpaired) electrons. The molecule has 5 heteroatoms. The molecular formula is C14H21N3O2. The van der Waals surface area contributed by atoms with Crippen LogP contribution in [0.3, 0.4) is 0 Å². The van der Waals surface area contributed by atoms with E-state index in [4.69, 9.17) is 0 Å². The van der Waals surface area contributed by atoms with E-state index in [1.807, 2.05) is 0 Å². The molecule has 1 unspecified atom stereocenters. The van der Waals surface area contributed by atoms with E-state index in [-0.39, 0.29) is 17.4 Å². The highest BCUT2D eigenvalue weighted by molar-refractivity contribution is 5.94. The standard InChI is InChI=1S/C14H21N3O2/c1-3-16(4-2)11-7-9-17(10-11)14(19)13-12(18)6-5-8-15-13/h5-6,8,11,18H,3-4,7,9-10H2,1-2H3. The van der Waals surface area contributed by atoms with Crippen LogP contribution in [-0.2, 0) is 0 Å². The van der Waals surface area contributed by atoms with Gasteiger partial charge in [-0.3, -0.25) is 9.69 Å². The molecule has 0 bridgehead atoms. The Morgan fingerprint density at radius 1 is 1.53 bits per heavy atom. The van der Waals surface area contributed by atoms with Gasteiger partial charge in [0.1, 0.15) is 5.75 Å². The molecule has 1 aromatic rings. The lowest BCUT2D eigenvalue weighted by atomic mass is 10.2. The predicted molar refractivity (Wildman–Crippen MR) is 73.1 cm³/mol. The molecule has 1 aromatic heterocycles. The molecule has 2 rings (SSSR count). The van der Waals surface area contributed by atoms with Gasteiger partial charge in [-0.15, -0.1) is 0 Å². The van der Waals surface area contributed by atoms with Crippen LogP contribution in [0, 0.1) is 0 Å². The lowest BCUT2D eigenvalue weighted by Crippen LogP contribution is -2.38.